The van der Waals surface area contributed by atoms with Crippen LogP contribution in [0.25, 0.3) is 0 Å². The monoisotopic (exact) mass is 328 g/mol. The fourth-order valence-electron chi connectivity index (χ4n) is 1.66. The van der Waals surface area contributed by atoms with E-state index in [0.717, 1.165) is 6.07 Å². The smallest absolute Gasteiger partial charge is 0.200 e. The maximum atomic E-state index is 13.5. The summed E-state index contributed by atoms with van der Waals surface area (Å²) in [5.41, 5.74) is 0.193. The van der Waals surface area contributed by atoms with Crippen molar-refractivity contribution in [2.45, 2.75) is 0 Å². The first kappa shape index (κ1) is 15.6. The normalized spacial score (nSPS) is 10.3. The number of Topliss-reactive ketones (excluding diaryl/α,β-unsaturated/α-hetero) is 1. The maximum absolute atomic E-state index is 13.5. The van der Waals surface area contributed by atoms with Gasteiger partial charge >= 0.3 is 0 Å². The number of benzene rings is 2. The Bertz CT molecular complexity index is 674. The van der Waals surface area contributed by atoms with E-state index in [1.165, 1.54) is 25.3 Å². The lowest BCUT2D eigenvalue weighted by atomic mass is 10.1. The van der Waals surface area contributed by atoms with E-state index < -0.39 is 5.82 Å². The molecule has 0 aliphatic rings. The fraction of sp³-hybridized carbons (Fsp3) is 0.133. The summed E-state index contributed by atoms with van der Waals surface area (Å²) in [4.78, 5) is 11.9. The van der Waals surface area contributed by atoms with Crippen molar-refractivity contribution in [3.8, 4) is 11.5 Å². The zero-order valence-corrected chi connectivity index (χ0v) is 12.5. The number of hydrogen-bond donors (Lipinski definition) is 0. The van der Waals surface area contributed by atoms with Crippen LogP contribution in [0.2, 0.25) is 10.0 Å². The van der Waals surface area contributed by atoms with Crippen LogP contribution in [0.3, 0.4) is 0 Å². The van der Waals surface area contributed by atoms with Crippen molar-refractivity contribution >= 4 is 29.0 Å². The minimum Gasteiger partial charge on any atom is -0.494 e. The number of hydrogen-bond acceptors (Lipinski definition) is 3. The Morgan fingerprint density at radius 1 is 1.14 bits per heavy atom. The van der Waals surface area contributed by atoms with Crippen LogP contribution in [0.1, 0.15) is 10.4 Å². The predicted octanol–water partition coefficient (Wildman–Crippen LogP) is 4.40. The van der Waals surface area contributed by atoms with Crippen molar-refractivity contribution in [2.75, 3.05) is 13.7 Å². The van der Waals surface area contributed by atoms with E-state index in [4.69, 9.17) is 32.7 Å². The molecule has 0 amide bonds. The minimum absolute atomic E-state index is 0.0771. The molecule has 2 rings (SSSR count). The molecule has 6 heteroatoms. The molecule has 0 aliphatic heterocycles. The van der Waals surface area contributed by atoms with Gasteiger partial charge in [0, 0.05) is 10.6 Å². The summed E-state index contributed by atoms with van der Waals surface area (Å²) < 4.78 is 23.6. The third-order valence-corrected chi connectivity index (χ3v) is 3.26. The van der Waals surface area contributed by atoms with Crippen LogP contribution in [0.15, 0.2) is 36.4 Å². The van der Waals surface area contributed by atoms with Gasteiger partial charge in [-0.05, 0) is 36.4 Å². The highest BCUT2D eigenvalue weighted by atomic mass is 35.5. The molecule has 0 spiro atoms. The number of methoxy groups -OCH3 is 1. The van der Waals surface area contributed by atoms with Crippen molar-refractivity contribution in [3.05, 3.63) is 57.8 Å². The summed E-state index contributed by atoms with van der Waals surface area (Å²) in [5, 5.41) is 0.770. The highest BCUT2D eigenvalue weighted by molar-refractivity contribution is 6.35. The first-order chi connectivity index (χ1) is 10.0. The largest absolute Gasteiger partial charge is 0.494 e. The van der Waals surface area contributed by atoms with Crippen molar-refractivity contribution in [1.82, 2.24) is 0 Å². The quantitative estimate of drug-likeness (QED) is 0.763. The lowest BCUT2D eigenvalue weighted by Crippen LogP contribution is -2.12. The Labute approximate surface area is 131 Å². The standard InChI is InChI=1S/C15H11Cl2FO3/c1-20-15-4-2-9(6-12(15)18)13(19)8-21-14-5-3-10(16)7-11(14)17/h2-7H,8H2,1H3. The van der Waals surface area contributed by atoms with Gasteiger partial charge in [0.2, 0.25) is 0 Å². The van der Waals surface area contributed by atoms with Crippen LogP contribution in [0.5, 0.6) is 11.5 Å². The number of carbonyl (C=O) groups excluding carboxylic acids is 1. The fourth-order valence-corrected chi connectivity index (χ4v) is 2.12. The molecule has 0 unspecified atom stereocenters. The van der Waals surface area contributed by atoms with E-state index in [1.54, 1.807) is 12.1 Å². The Hall–Kier alpha value is -1.78. The molecule has 0 aliphatic carbocycles. The Morgan fingerprint density at radius 2 is 1.86 bits per heavy atom. The molecule has 2 aromatic carbocycles. The summed E-state index contributed by atoms with van der Waals surface area (Å²) in [5.74, 6) is -0.563. The third kappa shape index (κ3) is 3.86. The second-order valence-corrected chi connectivity index (χ2v) is 4.98. The molecule has 0 radical (unpaired) electrons. The molecule has 0 saturated heterocycles. The minimum atomic E-state index is -0.604. The molecule has 0 heterocycles. The van der Waals surface area contributed by atoms with Gasteiger partial charge in [-0.1, -0.05) is 23.2 Å². The number of halogens is 3. The summed E-state index contributed by atoms with van der Waals surface area (Å²) in [6, 6.07) is 8.63. The average molecular weight is 329 g/mol. The predicted molar refractivity (Wildman–Crippen MR) is 79.2 cm³/mol. The summed E-state index contributed by atoms with van der Waals surface area (Å²) >= 11 is 11.7. The van der Waals surface area contributed by atoms with Crippen molar-refractivity contribution in [2.24, 2.45) is 0 Å². The van der Waals surface area contributed by atoms with Crippen molar-refractivity contribution in [1.29, 1.82) is 0 Å². The summed E-state index contributed by atoms with van der Waals surface area (Å²) in [7, 11) is 1.35. The summed E-state index contributed by atoms with van der Waals surface area (Å²) in [6.45, 7) is -0.257. The molecule has 3 nitrogen and oxygen atoms in total. The van der Waals surface area contributed by atoms with E-state index in [0.29, 0.717) is 15.8 Å². The van der Waals surface area contributed by atoms with Gasteiger partial charge in [0.25, 0.3) is 0 Å². The molecule has 2 aromatic rings. The highest BCUT2D eigenvalue weighted by Gasteiger charge is 2.12. The van der Waals surface area contributed by atoms with Gasteiger partial charge in [-0.3, -0.25) is 4.79 Å². The maximum Gasteiger partial charge on any atom is 0.200 e. The van der Waals surface area contributed by atoms with E-state index in [1.807, 2.05) is 0 Å². The Morgan fingerprint density at radius 3 is 2.48 bits per heavy atom. The molecular weight excluding hydrogens is 318 g/mol. The molecular formula is C15H11Cl2FO3. The molecule has 0 saturated carbocycles. The van der Waals surface area contributed by atoms with E-state index in [-0.39, 0.29) is 23.7 Å². The van der Waals surface area contributed by atoms with Gasteiger partial charge in [-0.15, -0.1) is 0 Å². The van der Waals surface area contributed by atoms with Crippen LogP contribution >= 0.6 is 23.2 Å². The molecule has 0 bridgehead atoms. The topological polar surface area (TPSA) is 35.5 Å². The van der Waals surface area contributed by atoms with E-state index in [9.17, 15) is 9.18 Å². The number of rotatable bonds is 5. The first-order valence-corrected chi connectivity index (χ1v) is 6.71. The lowest BCUT2D eigenvalue weighted by molar-refractivity contribution is 0.0921. The lowest BCUT2D eigenvalue weighted by Gasteiger charge is -2.08. The molecule has 0 aromatic heterocycles. The Kier molecular flexibility index (Phi) is 5.04. The van der Waals surface area contributed by atoms with Gasteiger partial charge < -0.3 is 9.47 Å². The van der Waals surface area contributed by atoms with Gasteiger partial charge in [0.1, 0.15) is 5.75 Å². The molecule has 21 heavy (non-hydrogen) atoms. The first-order valence-electron chi connectivity index (χ1n) is 5.96. The van der Waals surface area contributed by atoms with Crippen molar-refractivity contribution in [3.63, 3.8) is 0 Å². The number of carbonyl (C=O) groups is 1. The SMILES string of the molecule is COc1ccc(C(=O)COc2ccc(Cl)cc2Cl)cc1F. The van der Waals surface area contributed by atoms with Crippen LogP contribution in [-0.2, 0) is 0 Å². The zero-order valence-electron chi connectivity index (χ0n) is 11.0. The highest BCUT2D eigenvalue weighted by Crippen LogP contribution is 2.27. The summed E-state index contributed by atoms with van der Waals surface area (Å²) in [6.07, 6.45) is 0. The third-order valence-electron chi connectivity index (χ3n) is 2.73. The second-order valence-electron chi connectivity index (χ2n) is 4.14. The van der Waals surface area contributed by atoms with Crippen LogP contribution < -0.4 is 9.47 Å². The average Bonchev–Trinajstić information content (AvgIpc) is 2.46. The van der Waals surface area contributed by atoms with Crippen LogP contribution in [-0.4, -0.2) is 19.5 Å². The zero-order chi connectivity index (χ0) is 15.4. The van der Waals surface area contributed by atoms with Gasteiger partial charge in [0.05, 0.1) is 12.1 Å². The molecule has 0 atom stereocenters. The van der Waals surface area contributed by atoms with Gasteiger partial charge in [0.15, 0.2) is 24.0 Å². The number of ether oxygens (including phenoxy) is 2. The Balaban J connectivity index is 2.06. The van der Waals surface area contributed by atoms with Gasteiger partial charge in [-0.25, -0.2) is 4.39 Å². The second kappa shape index (κ2) is 6.78. The van der Waals surface area contributed by atoms with Crippen molar-refractivity contribution < 1.29 is 18.7 Å². The molecule has 0 fully saturated rings. The van der Waals surface area contributed by atoms with Crippen LogP contribution in [0.4, 0.5) is 4.39 Å². The molecule has 110 valence electrons. The number of ketones is 1. The molecule has 0 N–H and O–H groups in total. The van der Waals surface area contributed by atoms with E-state index in [2.05, 4.69) is 0 Å². The van der Waals surface area contributed by atoms with E-state index >= 15 is 0 Å². The van der Waals surface area contributed by atoms with Crippen LogP contribution in [0, 0.1) is 5.82 Å². The van der Waals surface area contributed by atoms with Gasteiger partial charge in [-0.2, -0.15) is 0 Å².